The topological polar surface area (TPSA) is 32.3 Å². The monoisotopic (exact) mass is 202 g/mol. The van der Waals surface area contributed by atoms with E-state index in [-0.39, 0.29) is 11.4 Å². The number of para-hydroxylation sites is 1. The van der Waals surface area contributed by atoms with Gasteiger partial charge in [0.05, 0.1) is 11.4 Å². The number of nitrogens with zero attached hydrogens (tertiary/aromatic N) is 1. The summed E-state index contributed by atoms with van der Waals surface area (Å²) in [5.74, 6) is 0.159. The first-order valence-electron chi connectivity index (χ1n) is 5.30. The van der Waals surface area contributed by atoms with Gasteiger partial charge in [-0.05, 0) is 31.4 Å². The number of rotatable bonds is 0. The Labute approximate surface area is 89.1 Å². The van der Waals surface area contributed by atoms with Crippen LogP contribution < -0.4 is 10.2 Å². The number of carbonyl (C=O) groups excluding carboxylic acids is 1. The minimum absolute atomic E-state index is 0.159. The Balaban J connectivity index is 2.18. The van der Waals surface area contributed by atoms with Crippen LogP contribution in [0.4, 0.5) is 11.4 Å². The summed E-state index contributed by atoms with van der Waals surface area (Å²) in [6, 6.07) is 6.14. The molecule has 1 aromatic rings. The van der Waals surface area contributed by atoms with E-state index in [1.807, 2.05) is 26.1 Å². The van der Waals surface area contributed by atoms with E-state index in [0.29, 0.717) is 0 Å². The molecule has 3 nitrogen and oxygen atoms in total. The van der Waals surface area contributed by atoms with E-state index in [2.05, 4.69) is 16.3 Å². The third kappa shape index (κ3) is 0.978. The molecule has 1 fully saturated rings. The molecule has 1 aliphatic carbocycles. The molecule has 0 atom stereocenters. The Morgan fingerprint density at radius 2 is 2.13 bits per heavy atom. The summed E-state index contributed by atoms with van der Waals surface area (Å²) in [7, 11) is 2.02. The summed E-state index contributed by atoms with van der Waals surface area (Å²) in [5, 5.41) is 3.03. The van der Waals surface area contributed by atoms with Gasteiger partial charge < -0.3 is 10.2 Å². The zero-order valence-electron chi connectivity index (χ0n) is 9.00. The van der Waals surface area contributed by atoms with E-state index in [4.69, 9.17) is 0 Å². The van der Waals surface area contributed by atoms with Crippen molar-refractivity contribution in [3.05, 3.63) is 23.8 Å². The molecule has 1 aromatic carbocycles. The van der Waals surface area contributed by atoms with Crippen LogP contribution in [-0.2, 0) is 4.79 Å². The summed E-state index contributed by atoms with van der Waals surface area (Å²) in [4.78, 5) is 14.1. The van der Waals surface area contributed by atoms with E-state index >= 15 is 0 Å². The average Bonchev–Trinajstić information content (AvgIpc) is 2.99. The number of carbonyl (C=O) groups is 1. The first-order valence-corrected chi connectivity index (χ1v) is 5.30. The largest absolute Gasteiger partial charge is 0.358 e. The number of anilines is 2. The van der Waals surface area contributed by atoms with Crippen LogP contribution in [0.15, 0.2) is 18.2 Å². The Hall–Kier alpha value is -1.51. The maximum atomic E-state index is 12.0. The van der Waals surface area contributed by atoms with Crippen LogP contribution in [0.5, 0.6) is 0 Å². The van der Waals surface area contributed by atoms with Gasteiger partial charge in [-0.3, -0.25) is 4.79 Å². The Bertz CT molecular complexity index is 449. The van der Waals surface area contributed by atoms with Gasteiger partial charge in [0.25, 0.3) is 0 Å². The number of benzene rings is 1. The summed E-state index contributed by atoms with van der Waals surface area (Å²) < 4.78 is 0. The molecule has 0 bridgehead atoms. The number of likely N-dealkylation sites (N-methyl/N-ethyl adjacent to an activating group) is 1. The average molecular weight is 202 g/mol. The minimum Gasteiger partial charge on any atom is -0.358 e. The van der Waals surface area contributed by atoms with Gasteiger partial charge in [0, 0.05) is 7.05 Å². The molecule has 0 aromatic heterocycles. The van der Waals surface area contributed by atoms with Gasteiger partial charge in [-0.2, -0.15) is 0 Å². The van der Waals surface area contributed by atoms with Crippen LogP contribution in [0.2, 0.25) is 0 Å². The van der Waals surface area contributed by atoms with Gasteiger partial charge in [0.15, 0.2) is 0 Å². The quantitative estimate of drug-likeness (QED) is 0.697. The molecule has 0 radical (unpaired) electrons. The minimum atomic E-state index is -0.235. The molecular formula is C12H14N2O. The first kappa shape index (κ1) is 8.77. The number of nitrogens with one attached hydrogen (secondary N) is 1. The van der Waals surface area contributed by atoms with Crippen molar-refractivity contribution in [1.82, 2.24) is 0 Å². The maximum Gasteiger partial charge on any atom is 0.250 e. The van der Waals surface area contributed by atoms with Crippen molar-refractivity contribution in [3.63, 3.8) is 0 Å². The van der Waals surface area contributed by atoms with Crippen molar-refractivity contribution in [2.45, 2.75) is 25.3 Å². The Morgan fingerprint density at radius 1 is 1.40 bits per heavy atom. The Kier molecular flexibility index (Phi) is 1.48. The number of fused-ring (bicyclic) bond motifs is 1. The van der Waals surface area contributed by atoms with E-state index in [1.54, 1.807) is 0 Å². The second-order valence-corrected chi connectivity index (χ2v) is 4.51. The molecule has 1 N–H and O–H groups in total. The highest BCUT2D eigenvalue weighted by Crippen LogP contribution is 2.49. The van der Waals surface area contributed by atoms with Crippen molar-refractivity contribution in [1.29, 1.82) is 0 Å². The second-order valence-electron chi connectivity index (χ2n) is 4.51. The van der Waals surface area contributed by atoms with Gasteiger partial charge in [-0.25, -0.2) is 0 Å². The molecule has 3 heteroatoms. The Morgan fingerprint density at radius 3 is 2.80 bits per heavy atom. The maximum absolute atomic E-state index is 12.0. The number of aryl methyl sites for hydroxylation is 1. The van der Waals surface area contributed by atoms with Crippen molar-refractivity contribution in [2.75, 3.05) is 17.3 Å². The first-order chi connectivity index (χ1) is 7.15. The molecule has 1 aliphatic heterocycles. The lowest BCUT2D eigenvalue weighted by atomic mass is 10.0. The molecule has 3 rings (SSSR count). The summed E-state index contributed by atoms with van der Waals surface area (Å²) >= 11 is 0. The van der Waals surface area contributed by atoms with Crippen LogP contribution in [0.1, 0.15) is 18.4 Å². The number of hydrogen-bond donors (Lipinski definition) is 1. The molecule has 1 spiro atoms. The van der Waals surface area contributed by atoms with Gasteiger partial charge in [0.1, 0.15) is 5.54 Å². The molecule has 1 saturated carbocycles. The lowest BCUT2D eigenvalue weighted by Gasteiger charge is -2.36. The molecule has 0 unspecified atom stereocenters. The molecule has 2 aliphatic rings. The fourth-order valence-corrected chi connectivity index (χ4v) is 2.39. The number of amides is 1. The standard InChI is InChI=1S/C12H14N2O/c1-8-4-3-5-9-10(8)13-11(15)12(6-7-12)14(9)2/h3-5H,6-7H2,1-2H3,(H,13,15). The van der Waals surface area contributed by atoms with Crippen LogP contribution in [0.3, 0.4) is 0 Å². The van der Waals surface area contributed by atoms with Crippen molar-refractivity contribution in [2.24, 2.45) is 0 Å². The normalized spacial score (nSPS) is 21.2. The fraction of sp³-hybridized carbons (Fsp3) is 0.417. The van der Waals surface area contributed by atoms with Crippen molar-refractivity contribution < 1.29 is 4.79 Å². The van der Waals surface area contributed by atoms with Crippen molar-refractivity contribution >= 4 is 17.3 Å². The highest BCUT2D eigenvalue weighted by atomic mass is 16.2. The summed E-state index contributed by atoms with van der Waals surface area (Å²) in [5.41, 5.74) is 3.01. The van der Waals surface area contributed by atoms with Gasteiger partial charge in [0.2, 0.25) is 5.91 Å². The molecule has 78 valence electrons. The van der Waals surface area contributed by atoms with E-state index in [9.17, 15) is 4.79 Å². The summed E-state index contributed by atoms with van der Waals surface area (Å²) in [6.07, 6.45) is 1.95. The van der Waals surface area contributed by atoms with Crippen LogP contribution in [-0.4, -0.2) is 18.5 Å². The van der Waals surface area contributed by atoms with Gasteiger partial charge in [-0.15, -0.1) is 0 Å². The zero-order valence-corrected chi connectivity index (χ0v) is 9.00. The highest BCUT2D eigenvalue weighted by molar-refractivity contribution is 6.09. The van der Waals surface area contributed by atoms with E-state index in [0.717, 1.165) is 29.8 Å². The van der Waals surface area contributed by atoms with Crippen LogP contribution >= 0.6 is 0 Å². The lowest BCUT2D eigenvalue weighted by molar-refractivity contribution is -0.118. The summed E-state index contributed by atoms with van der Waals surface area (Å²) in [6.45, 7) is 2.03. The zero-order chi connectivity index (χ0) is 10.6. The fourth-order valence-electron chi connectivity index (χ4n) is 2.39. The molecule has 1 heterocycles. The lowest BCUT2D eigenvalue weighted by Crippen LogP contribution is -2.48. The highest BCUT2D eigenvalue weighted by Gasteiger charge is 2.56. The SMILES string of the molecule is Cc1cccc2c1NC(=O)C1(CC1)N2C. The molecule has 15 heavy (non-hydrogen) atoms. The van der Waals surface area contributed by atoms with Gasteiger partial charge >= 0.3 is 0 Å². The van der Waals surface area contributed by atoms with Crippen LogP contribution in [0.25, 0.3) is 0 Å². The third-order valence-corrected chi connectivity index (χ3v) is 3.64. The van der Waals surface area contributed by atoms with Crippen molar-refractivity contribution in [3.8, 4) is 0 Å². The number of hydrogen-bond acceptors (Lipinski definition) is 2. The van der Waals surface area contributed by atoms with E-state index < -0.39 is 0 Å². The van der Waals surface area contributed by atoms with Crippen LogP contribution in [0, 0.1) is 6.92 Å². The second kappa shape index (κ2) is 2.54. The predicted octanol–water partition coefficient (Wildman–Crippen LogP) is 1.92. The smallest absolute Gasteiger partial charge is 0.250 e. The van der Waals surface area contributed by atoms with E-state index in [1.165, 1.54) is 0 Å². The van der Waals surface area contributed by atoms with Gasteiger partial charge in [-0.1, -0.05) is 12.1 Å². The molecule has 1 amide bonds. The predicted molar refractivity (Wildman–Crippen MR) is 60.2 cm³/mol. The molecular weight excluding hydrogens is 188 g/mol. The molecule has 0 saturated heterocycles. The third-order valence-electron chi connectivity index (χ3n) is 3.64.